The maximum atomic E-state index is 13.4. The summed E-state index contributed by atoms with van der Waals surface area (Å²) in [6.07, 6.45) is 3.19. The van der Waals surface area contributed by atoms with Crippen LogP contribution in [0.3, 0.4) is 0 Å². The summed E-state index contributed by atoms with van der Waals surface area (Å²) >= 11 is 0. The zero-order chi connectivity index (χ0) is 25.1. The molecule has 0 bridgehead atoms. The molecule has 3 aromatic rings. The summed E-state index contributed by atoms with van der Waals surface area (Å²) in [5, 5.41) is 11.5. The molecule has 1 unspecified atom stereocenters. The van der Waals surface area contributed by atoms with E-state index >= 15 is 0 Å². The number of anilines is 1. The second-order valence-corrected chi connectivity index (χ2v) is 8.24. The average molecular weight is 473 g/mol. The first-order valence-electron chi connectivity index (χ1n) is 11.6. The van der Waals surface area contributed by atoms with Crippen molar-refractivity contribution in [3.63, 3.8) is 0 Å². The number of hydrogen-bond donors (Lipinski definition) is 1. The zero-order valence-corrected chi connectivity index (χ0v) is 20.2. The highest BCUT2D eigenvalue weighted by atomic mass is 16.5. The van der Waals surface area contributed by atoms with Gasteiger partial charge in [0.15, 0.2) is 0 Å². The largest absolute Gasteiger partial charge is 0.507 e. The van der Waals surface area contributed by atoms with Gasteiger partial charge in [-0.25, -0.2) is 0 Å². The van der Waals surface area contributed by atoms with Gasteiger partial charge in [-0.05, 0) is 80.8 Å². The van der Waals surface area contributed by atoms with Crippen molar-refractivity contribution >= 4 is 23.1 Å². The van der Waals surface area contributed by atoms with E-state index in [4.69, 9.17) is 9.47 Å². The van der Waals surface area contributed by atoms with Crippen molar-refractivity contribution in [3.8, 4) is 11.5 Å². The summed E-state index contributed by atoms with van der Waals surface area (Å²) in [6.45, 7) is 8.45. The molecule has 1 amide bonds. The number of amides is 1. The molecule has 1 aliphatic heterocycles. The minimum atomic E-state index is -0.832. The SMILES string of the molecule is CCOc1ccc(/C(O)=C2/C(=O)C(=O)N(c3ccc(C)c(C)c3)C2c2ccncc2)c(OCC)c1. The standard InChI is InChI=1S/C28H28N2O5/c1-5-34-21-9-10-22(23(16-21)35-6-2)26(31)24-25(19-11-13-29-14-12-19)30(28(33)27(24)32)20-8-7-17(3)18(4)15-20/h7-16,25,31H,5-6H2,1-4H3/b26-24-. The highest BCUT2D eigenvalue weighted by Crippen LogP contribution is 2.43. The first-order chi connectivity index (χ1) is 16.9. The molecule has 0 aliphatic carbocycles. The van der Waals surface area contributed by atoms with Gasteiger partial charge in [-0.3, -0.25) is 19.5 Å². The molecule has 2 aromatic carbocycles. The van der Waals surface area contributed by atoms with Gasteiger partial charge in [0.25, 0.3) is 11.7 Å². The summed E-state index contributed by atoms with van der Waals surface area (Å²) < 4.78 is 11.3. The van der Waals surface area contributed by atoms with Crippen molar-refractivity contribution in [2.75, 3.05) is 18.1 Å². The molecule has 7 heteroatoms. The predicted octanol–water partition coefficient (Wildman–Crippen LogP) is 5.12. The van der Waals surface area contributed by atoms with Gasteiger partial charge >= 0.3 is 0 Å². The van der Waals surface area contributed by atoms with Crippen LogP contribution in [0.25, 0.3) is 5.76 Å². The van der Waals surface area contributed by atoms with E-state index in [9.17, 15) is 14.7 Å². The maximum absolute atomic E-state index is 13.4. The number of ketones is 1. The Morgan fingerprint density at radius 2 is 1.66 bits per heavy atom. The van der Waals surface area contributed by atoms with E-state index in [2.05, 4.69) is 4.98 Å². The predicted molar refractivity (Wildman–Crippen MR) is 134 cm³/mol. The summed E-state index contributed by atoms with van der Waals surface area (Å²) in [7, 11) is 0. The monoisotopic (exact) mass is 472 g/mol. The molecule has 2 heterocycles. The number of carbonyl (C=O) groups excluding carboxylic acids is 2. The lowest BCUT2D eigenvalue weighted by Crippen LogP contribution is -2.29. The quantitative estimate of drug-likeness (QED) is 0.292. The Bertz CT molecular complexity index is 1300. The third-order valence-electron chi connectivity index (χ3n) is 6.05. The molecule has 1 fully saturated rings. The Kier molecular flexibility index (Phi) is 6.87. The van der Waals surface area contributed by atoms with E-state index in [1.807, 2.05) is 45.9 Å². The molecule has 180 valence electrons. The fourth-order valence-corrected chi connectivity index (χ4v) is 4.21. The topological polar surface area (TPSA) is 89.0 Å². The van der Waals surface area contributed by atoms with Gasteiger partial charge in [-0.15, -0.1) is 0 Å². The maximum Gasteiger partial charge on any atom is 0.300 e. The zero-order valence-electron chi connectivity index (χ0n) is 20.2. The lowest BCUT2D eigenvalue weighted by atomic mass is 9.95. The van der Waals surface area contributed by atoms with Crippen molar-refractivity contribution in [2.24, 2.45) is 0 Å². The van der Waals surface area contributed by atoms with Crippen LogP contribution in [-0.4, -0.2) is 35.0 Å². The van der Waals surface area contributed by atoms with E-state index in [-0.39, 0.29) is 11.3 Å². The average Bonchev–Trinajstić information content (AvgIpc) is 3.12. The Labute approximate surface area is 204 Å². The smallest absolute Gasteiger partial charge is 0.300 e. The van der Waals surface area contributed by atoms with Crippen molar-refractivity contribution in [1.82, 2.24) is 4.98 Å². The summed E-state index contributed by atoms with van der Waals surface area (Å²) in [4.78, 5) is 32.2. The van der Waals surface area contributed by atoms with Gasteiger partial charge in [0.05, 0.1) is 30.4 Å². The van der Waals surface area contributed by atoms with Gasteiger partial charge in [0.2, 0.25) is 0 Å². The second kappa shape index (κ2) is 10.0. The van der Waals surface area contributed by atoms with Gasteiger partial charge < -0.3 is 14.6 Å². The van der Waals surface area contributed by atoms with Crippen molar-refractivity contribution in [3.05, 3.63) is 88.8 Å². The number of hydrogen-bond acceptors (Lipinski definition) is 6. The van der Waals surface area contributed by atoms with Crippen LogP contribution in [0.5, 0.6) is 11.5 Å². The number of aliphatic hydroxyl groups is 1. The Morgan fingerprint density at radius 1 is 0.943 bits per heavy atom. The third kappa shape index (κ3) is 4.49. The number of rotatable bonds is 7. The van der Waals surface area contributed by atoms with Gasteiger partial charge in [0, 0.05) is 24.1 Å². The Morgan fingerprint density at radius 3 is 2.31 bits per heavy atom. The number of aliphatic hydroxyl groups excluding tert-OH is 1. The van der Waals surface area contributed by atoms with Crippen LogP contribution in [0.2, 0.25) is 0 Å². The fourth-order valence-electron chi connectivity index (χ4n) is 4.21. The molecule has 1 aliphatic rings. The van der Waals surface area contributed by atoms with Gasteiger partial charge in [-0.1, -0.05) is 6.07 Å². The molecule has 0 spiro atoms. The third-order valence-corrected chi connectivity index (χ3v) is 6.05. The number of Topliss-reactive ketones (excluding diaryl/α,β-unsaturated/α-hetero) is 1. The van der Waals surface area contributed by atoms with Crippen LogP contribution >= 0.6 is 0 Å². The molecular weight excluding hydrogens is 444 g/mol. The Balaban J connectivity index is 1.93. The molecule has 1 aromatic heterocycles. The first-order valence-corrected chi connectivity index (χ1v) is 11.6. The molecule has 1 saturated heterocycles. The number of aromatic nitrogens is 1. The van der Waals surface area contributed by atoms with Crippen LogP contribution < -0.4 is 14.4 Å². The molecule has 1 atom stereocenters. The number of pyridine rings is 1. The molecule has 4 rings (SSSR count). The summed E-state index contributed by atoms with van der Waals surface area (Å²) in [6, 6.07) is 13.2. The van der Waals surface area contributed by atoms with Gasteiger partial charge in [0.1, 0.15) is 17.3 Å². The lowest BCUT2D eigenvalue weighted by molar-refractivity contribution is -0.132. The van der Waals surface area contributed by atoms with E-state index in [1.54, 1.807) is 42.7 Å². The van der Waals surface area contributed by atoms with Crippen LogP contribution in [-0.2, 0) is 9.59 Å². The normalized spacial score (nSPS) is 17.0. The lowest BCUT2D eigenvalue weighted by Gasteiger charge is -2.26. The van der Waals surface area contributed by atoms with E-state index in [1.165, 1.54) is 4.90 Å². The summed E-state index contributed by atoms with van der Waals surface area (Å²) in [5.74, 6) is -0.835. The fraction of sp³-hybridized carbons (Fsp3) is 0.250. The molecule has 35 heavy (non-hydrogen) atoms. The molecule has 1 N–H and O–H groups in total. The van der Waals surface area contributed by atoms with E-state index in [0.29, 0.717) is 41.5 Å². The minimum absolute atomic E-state index is 0.00968. The second-order valence-electron chi connectivity index (χ2n) is 8.24. The number of benzene rings is 2. The molecule has 0 radical (unpaired) electrons. The number of nitrogens with zero attached hydrogens (tertiary/aromatic N) is 2. The Hall–Kier alpha value is -4.13. The molecule has 7 nitrogen and oxygen atoms in total. The van der Waals surface area contributed by atoms with E-state index < -0.39 is 17.7 Å². The summed E-state index contributed by atoms with van der Waals surface area (Å²) in [5.41, 5.74) is 3.59. The molecular formula is C28H28N2O5. The van der Waals surface area contributed by atoms with Crippen LogP contribution in [0.1, 0.15) is 42.1 Å². The minimum Gasteiger partial charge on any atom is -0.507 e. The number of ether oxygens (including phenoxy) is 2. The number of carbonyl (C=O) groups is 2. The highest BCUT2D eigenvalue weighted by molar-refractivity contribution is 6.51. The number of aryl methyl sites for hydroxylation is 2. The van der Waals surface area contributed by atoms with E-state index in [0.717, 1.165) is 11.1 Å². The van der Waals surface area contributed by atoms with Gasteiger partial charge in [-0.2, -0.15) is 0 Å². The highest BCUT2D eigenvalue weighted by Gasteiger charge is 2.47. The molecule has 0 saturated carbocycles. The first kappa shape index (κ1) is 24.0. The van der Waals surface area contributed by atoms with Crippen molar-refractivity contribution in [2.45, 2.75) is 33.7 Å². The van der Waals surface area contributed by atoms with Crippen LogP contribution in [0.15, 0.2) is 66.5 Å². The van der Waals surface area contributed by atoms with Crippen molar-refractivity contribution < 1.29 is 24.2 Å². The van der Waals surface area contributed by atoms with Crippen molar-refractivity contribution in [1.29, 1.82) is 0 Å². The van der Waals surface area contributed by atoms with Crippen LogP contribution in [0.4, 0.5) is 5.69 Å². The van der Waals surface area contributed by atoms with Crippen LogP contribution in [0, 0.1) is 13.8 Å².